The number of carbonyl (C=O) groups excluding carboxylic acids is 1. The Morgan fingerprint density at radius 1 is 0.933 bits per heavy atom. The van der Waals surface area contributed by atoms with Crippen LogP contribution >= 0.6 is 0 Å². The van der Waals surface area contributed by atoms with E-state index < -0.39 is 0 Å². The molecule has 2 heterocycles. The highest BCUT2D eigenvalue weighted by molar-refractivity contribution is 5.98. The molecular weight excluding hydrogens is 379 g/mol. The second kappa shape index (κ2) is 7.48. The van der Waals surface area contributed by atoms with Gasteiger partial charge in [0, 0.05) is 10.9 Å². The molecule has 148 valence electrons. The number of fused-ring (bicyclic) bond motifs is 2. The lowest BCUT2D eigenvalue weighted by molar-refractivity contribution is 0.0930. The molecule has 2 aromatic heterocycles. The van der Waals surface area contributed by atoms with E-state index in [1.54, 1.807) is 12.1 Å². The van der Waals surface area contributed by atoms with Gasteiger partial charge in [0.25, 0.3) is 5.91 Å². The predicted octanol–water partition coefficient (Wildman–Crippen LogP) is 4.90. The van der Waals surface area contributed by atoms with Gasteiger partial charge in [-0.05, 0) is 48.4 Å². The van der Waals surface area contributed by atoms with E-state index in [0.717, 1.165) is 16.6 Å². The minimum atomic E-state index is -0.351. The quantitative estimate of drug-likeness (QED) is 0.394. The summed E-state index contributed by atoms with van der Waals surface area (Å²) in [5.41, 5.74) is 3.94. The van der Waals surface area contributed by atoms with Crippen LogP contribution in [0, 0.1) is 5.82 Å². The molecule has 6 heteroatoms. The zero-order valence-electron chi connectivity index (χ0n) is 16.0. The van der Waals surface area contributed by atoms with Crippen molar-refractivity contribution in [2.75, 3.05) is 0 Å². The van der Waals surface area contributed by atoms with Crippen molar-refractivity contribution < 1.29 is 9.18 Å². The van der Waals surface area contributed by atoms with Crippen LogP contribution in [-0.2, 0) is 6.42 Å². The number of carbonyl (C=O) groups is 1. The molecule has 0 unspecified atom stereocenters. The molecule has 0 bridgehead atoms. The van der Waals surface area contributed by atoms with Crippen LogP contribution in [0.2, 0.25) is 0 Å². The summed E-state index contributed by atoms with van der Waals surface area (Å²) in [6.45, 7) is 0. The van der Waals surface area contributed by atoms with Crippen LogP contribution in [0.4, 0.5) is 4.39 Å². The van der Waals surface area contributed by atoms with E-state index in [1.165, 1.54) is 12.1 Å². The second-order valence-corrected chi connectivity index (χ2v) is 7.27. The molecule has 0 saturated heterocycles. The summed E-state index contributed by atoms with van der Waals surface area (Å²) in [5.74, 6) is 0.0845. The van der Waals surface area contributed by atoms with Crippen LogP contribution in [0.5, 0.6) is 0 Å². The van der Waals surface area contributed by atoms with Crippen LogP contribution in [0.15, 0.2) is 78.9 Å². The highest BCUT2D eigenvalue weighted by Gasteiger charge is 2.21. The molecule has 1 amide bonds. The number of aromatic amines is 2. The fraction of sp³-hybridized carbons (Fsp3) is 0.0833. The smallest absolute Gasteiger partial charge is 0.268 e. The Labute approximate surface area is 172 Å². The van der Waals surface area contributed by atoms with E-state index in [2.05, 4.69) is 20.3 Å². The summed E-state index contributed by atoms with van der Waals surface area (Å²) in [7, 11) is 0. The highest BCUT2D eigenvalue weighted by Crippen LogP contribution is 2.22. The number of benzene rings is 3. The molecule has 0 aliphatic carbocycles. The molecule has 0 aliphatic rings. The van der Waals surface area contributed by atoms with E-state index in [-0.39, 0.29) is 17.8 Å². The number of nitrogens with one attached hydrogen (secondary N) is 3. The van der Waals surface area contributed by atoms with Gasteiger partial charge in [0.05, 0.1) is 17.1 Å². The lowest BCUT2D eigenvalue weighted by Crippen LogP contribution is -2.31. The van der Waals surface area contributed by atoms with E-state index >= 15 is 0 Å². The Morgan fingerprint density at radius 3 is 2.57 bits per heavy atom. The largest absolute Gasteiger partial charge is 0.351 e. The summed E-state index contributed by atoms with van der Waals surface area (Å²) in [4.78, 5) is 24.1. The lowest BCUT2D eigenvalue weighted by atomic mass is 10.1. The Bertz CT molecular complexity index is 1310. The van der Waals surface area contributed by atoms with Crippen molar-refractivity contribution in [3.05, 3.63) is 102 Å². The number of nitrogens with zero attached hydrogens (tertiary/aromatic N) is 1. The van der Waals surface area contributed by atoms with Crippen molar-refractivity contribution in [2.24, 2.45) is 0 Å². The Hall–Kier alpha value is -3.93. The number of rotatable bonds is 5. The summed E-state index contributed by atoms with van der Waals surface area (Å²) in [6.07, 6.45) is 0.585. The molecule has 5 aromatic rings. The maximum Gasteiger partial charge on any atom is 0.268 e. The molecule has 0 aliphatic heterocycles. The molecule has 3 N–H and O–H groups in total. The summed E-state index contributed by atoms with van der Waals surface area (Å²) < 4.78 is 13.5. The lowest BCUT2D eigenvalue weighted by Gasteiger charge is -2.16. The highest BCUT2D eigenvalue weighted by atomic mass is 19.1. The van der Waals surface area contributed by atoms with Crippen molar-refractivity contribution in [3.63, 3.8) is 0 Å². The third-order valence-electron chi connectivity index (χ3n) is 5.15. The van der Waals surface area contributed by atoms with Gasteiger partial charge in [0.2, 0.25) is 0 Å². The number of imidazole rings is 1. The van der Waals surface area contributed by atoms with Crippen molar-refractivity contribution >= 4 is 27.8 Å². The minimum absolute atomic E-state index is 0.270. The Balaban J connectivity index is 1.47. The van der Waals surface area contributed by atoms with Crippen LogP contribution in [-0.4, -0.2) is 20.9 Å². The first kappa shape index (κ1) is 18.1. The maximum absolute atomic E-state index is 13.5. The van der Waals surface area contributed by atoms with Crippen molar-refractivity contribution in [2.45, 2.75) is 12.5 Å². The van der Waals surface area contributed by atoms with Gasteiger partial charge in [-0.2, -0.15) is 0 Å². The van der Waals surface area contributed by atoms with Gasteiger partial charge in [0.15, 0.2) is 0 Å². The molecule has 30 heavy (non-hydrogen) atoms. The van der Waals surface area contributed by atoms with Crippen molar-refractivity contribution in [3.8, 4) is 0 Å². The normalized spacial score (nSPS) is 12.3. The number of hydrogen-bond donors (Lipinski definition) is 3. The third kappa shape index (κ3) is 3.55. The Kier molecular flexibility index (Phi) is 4.52. The van der Waals surface area contributed by atoms with E-state index in [4.69, 9.17) is 0 Å². The van der Waals surface area contributed by atoms with E-state index in [9.17, 15) is 9.18 Å². The van der Waals surface area contributed by atoms with Gasteiger partial charge >= 0.3 is 0 Å². The molecule has 5 nitrogen and oxygen atoms in total. The first-order chi connectivity index (χ1) is 14.7. The van der Waals surface area contributed by atoms with E-state index in [0.29, 0.717) is 28.8 Å². The molecule has 1 atom stereocenters. The van der Waals surface area contributed by atoms with Gasteiger partial charge in [-0.15, -0.1) is 0 Å². The van der Waals surface area contributed by atoms with Crippen molar-refractivity contribution in [1.82, 2.24) is 20.3 Å². The van der Waals surface area contributed by atoms with Crippen LogP contribution in [0.25, 0.3) is 21.9 Å². The van der Waals surface area contributed by atoms with Crippen molar-refractivity contribution in [1.29, 1.82) is 0 Å². The number of H-pyrrole nitrogens is 2. The van der Waals surface area contributed by atoms with Gasteiger partial charge in [-0.1, -0.05) is 42.5 Å². The second-order valence-electron chi connectivity index (χ2n) is 7.27. The molecule has 5 rings (SSSR count). The van der Waals surface area contributed by atoms with E-state index in [1.807, 2.05) is 54.6 Å². The van der Waals surface area contributed by atoms with Gasteiger partial charge in [-0.3, -0.25) is 4.79 Å². The van der Waals surface area contributed by atoms with Crippen LogP contribution in [0.1, 0.15) is 27.9 Å². The average Bonchev–Trinajstić information content (AvgIpc) is 3.38. The van der Waals surface area contributed by atoms with Crippen LogP contribution < -0.4 is 5.32 Å². The topological polar surface area (TPSA) is 73.6 Å². The zero-order chi connectivity index (χ0) is 20.5. The first-order valence-electron chi connectivity index (χ1n) is 9.73. The van der Waals surface area contributed by atoms with Gasteiger partial charge < -0.3 is 15.3 Å². The minimum Gasteiger partial charge on any atom is -0.351 e. The number of amides is 1. The number of hydrogen-bond acceptors (Lipinski definition) is 2. The average molecular weight is 398 g/mol. The number of para-hydroxylation sites is 2. The summed E-state index contributed by atoms with van der Waals surface area (Å²) in [5, 5.41) is 3.73. The maximum atomic E-state index is 13.5. The molecule has 0 spiro atoms. The van der Waals surface area contributed by atoms with Crippen LogP contribution in [0.3, 0.4) is 0 Å². The summed E-state index contributed by atoms with van der Waals surface area (Å²) >= 11 is 0. The number of aromatic nitrogens is 3. The summed E-state index contributed by atoms with van der Waals surface area (Å²) in [6, 6.07) is 23.4. The standard InChI is InChI=1S/C24H19FN4O/c25-17-10-11-18-16(13-17)14-22(26-18)24(30)29-21(12-15-6-2-1-3-7-15)23-27-19-8-4-5-9-20(19)28-23/h1-11,13-14,21,26H,12H2,(H,27,28)(H,29,30)/t21-/m0/s1. The number of halogens is 1. The molecule has 0 fully saturated rings. The van der Waals surface area contributed by atoms with Gasteiger partial charge in [-0.25, -0.2) is 9.37 Å². The predicted molar refractivity (Wildman–Crippen MR) is 115 cm³/mol. The fourth-order valence-corrected chi connectivity index (χ4v) is 3.67. The van der Waals surface area contributed by atoms with Gasteiger partial charge in [0.1, 0.15) is 17.3 Å². The molecule has 0 saturated carbocycles. The molecule has 3 aromatic carbocycles. The monoisotopic (exact) mass is 398 g/mol. The SMILES string of the molecule is O=C(N[C@@H](Cc1ccccc1)c1nc2ccccc2[nH]1)c1cc2cc(F)ccc2[nH]1. The zero-order valence-corrected chi connectivity index (χ0v) is 16.0. The first-order valence-corrected chi connectivity index (χ1v) is 9.73. The molecule has 0 radical (unpaired) electrons. The Morgan fingerprint density at radius 2 is 1.73 bits per heavy atom. The third-order valence-corrected chi connectivity index (χ3v) is 5.15. The fourth-order valence-electron chi connectivity index (χ4n) is 3.67. The molecular formula is C24H19FN4O.